The maximum absolute atomic E-state index is 12.4. The van der Waals surface area contributed by atoms with Crippen LogP contribution in [0.4, 0.5) is 4.79 Å². The summed E-state index contributed by atoms with van der Waals surface area (Å²) in [6.45, 7) is 3.14. The van der Waals surface area contributed by atoms with E-state index in [0.717, 1.165) is 18.3 Å². The number of fused-ring (bicyclic) bond motifs is 2. The lowest BCUT2D eigenvalue weighted by Gasteiger charge is -2.34. The van der Waals surface area contributed by atoms with Gasteiger partial charge in [-0.15, -0.1) is 0 Å². The van der Waals surface area contributed by atoms with Crippen LogP contribution in [0.3, 0.4) is 0 Å². The fourth-order valence-corrected chi connectivity index (χ4v) is 4.66. The SMILES string of the molecule is CC(NC(=O)N1CCC[C@H](C(=O)O)C1)C1CC2CCC1C2. The number of amides is 2. The van der Waals surface area contributed by atoms with E-state index in [1.54, 1.807) is 4.90 Å². The van der Waals surface area contributed by atoms with Gasteiger partial charge >= 0.3 is 12.0 Å². The molecule has 5 nitrogen and oxygen atoms in total. The summed E-state index contributed by atoms with van der Waals surface area (Å²) >= 11 is 0. The van der Waals surface area contributed by atoms with Crippen LogP contribution in [0.1, 0.15) is 45.4 Å². The Morgan fingerprint density at radius 1 is 1.24 bits per heavy atom. The van der Waals surface area contributed by atoms with Gasteiger partial charge in [0.25, 0.3) is 0 Å². The van der Waals surface area contributed by atoms with Gasteiger partial charge in [-0.3, -0.25) is 4.79 Å². The van der Waals surface area contributed by atoms with Crippen molar-refractivity contribution in [3.05, 3.63) is 0 Å². The molecule has 0 spiro atoms. The van der Waals surface area contributed by atoms with Gasteiger partial charge in [-0.05, 0) is 56.8 Å². The summed E-state index contributed by atoms with van der Waals surface area (Å²) in [6.07, 6.45) is 6.75. The lowest BCUT2D eigenvalue weighted by molar-refractivity contribution is -0.143. The van der Waals surface area contributed by atoms with Gasteiger partial charge in [-0.2, -0.15) is 0 Å². The molecule has 1 heterocycles. The molecule has 118 valence electrons. The molecule has 5 heteroatoms. The lowest BCUT2D eigenvalue weighted by Crippen LogP contribution is -2.51. The molecule has 1 aliphatic heterocycles. The molecule has 2 aliphatic carbocycles. The van der Waals surface area contributed by atoms with Gasteiger partial charge in [0, 0.05) is 19.1 Å². The number of aliphatic carboxylic acids is 1. The molecule has 4 unspecified atom stereocenters. The van der Waals surface area contributed by atoms with Gasteiger partial charge in [0.05, 0.1) is 5.92 Å². The summed E-state index contributed by atoms with van der Waals surface area (Å²) in [5.74, 6) is 1.10. The molecule has 2 saturated carbocycles. The van der Waals surface area contributed by atoms with E-state index in [1.807, 2.05) is 0 Å². The number of carbonyl (C=O) groups excluding carboxylic acids is 1. The Labute approximate surface area is 126 Å². The largest absolute Gasteiger partial charge is 0.481 e. The Kier molecular flexibility index (Phi) is 4.09. The van der Waals surface area contributed by atoms with Crippen molar-refractivity contribution >= 4 is 12.0 Å². The fraction of sp³-hybridized carbons (Fsp3) is 0.875. The summed E-state index contributed by atoms with van der Waals surface area (Å²) in [4.78, 5) is 25.1. The Bertz CT molecular complexity index is 426. The third-order valence-corrected chi connectivity index (χ3v) is 5.84. The molecule has 0 aromatic rings. The first-order chi connectivity index (χ1) is 10.0. The van der Waals surface area contributed by atoms with Crippen LogP contribution in [0, 0.1) is 23.7 Å². The highest BCUT2D eigenvalue weighted by atomic mass is 16.4. The minimum absolute atomic E-state index is 0.0729. The predicted molar refractivity (Wildman–Crippen MR) is 78.9 cm³/mol. The van der Waals surface area contributed by atoms with Crippen molar-refractivity contribution < 1.29 is 14.7 Å². The van der Waals surface area contributed by atoms with Crippen LogP contribution < -0.4 is 5.32 Å². The van der Waals surface area contributed by atoms with Crippen LogP contribution in [0.25, 0.3) is 0 Å². The molecule has 3 aliphatic rings. The predicted octanol–water partition coefficient (Wildman–Crippen LogP) is 2.32. The van der Waals surface area contributed by atoms with Gasteiger partial charge < -0.3 is 15.3 Å². The number of carbonyl (C=O) groups is 2. The average molecular weight is 294 g/mol. The van der Waals surface area contributed by atoms with Crippen molar-refractivity contribution in [3.63, 3.8) is 0 Å². The molecular weight excluding hydrogens is 268 g/mol. The highest BCUT2D eigenvalue weighted by Crippen LogP contribution is 2.49. The molecule has 3 fully saturated rings. The summed E-state index contributed by atoms with van der Waals surface area (Å²) in [6, 6.07) is 0.134. The molecule has 21 heavy (non-hydrogen) atoms. The van der Waals surface area contributed by atoms with E-state index in [0.29, 0.717) is 25.4 Å². The van der Waals surface area contributed by atoms with Gasteiger partial charge in [0.15, 0.2) is 0 Å². The van der Waals surface area contributed by atoms with E-state index in [1.165, 1.54) is 25.7 Å². The minimum Gasteiger partial charge on any atom is -0.481 e. The van der Waals surface area contributed by atoms with E-state index in [2.05, 4.69) is 12.2 Å². The van der Waals surface area contributed by atoms with Gasteiger partial charge in [-0.1, -0.05) is 6.42 Å². The zero-order valence-corrected chi connectivity index (χ0v) is 12.8. The summed E-state index contributed by atoms with van der Waals surface area (Å²) in [5, 5.41) is 12.2. The Hall–Kier alpha value is -1.26. The second-order valence-corrected chi connectivity index (χ2v) is 7.20. The fourth-order valence-electron chi connectivity index (χ4n) is 4.66. The molecule has 1 saturated heterocycles. The normalized spacial score (nSPS) is 36.5. The number of hydrogen-bond acceptors (Lipinski definition) is 2. The van der Waals surface area contributed by atoms with Gasteiger partial charge in [-0.25, -0.2) is 4.79 Å². The highest BCUT2D eigenvalue weighted by Gasteiger charge is 2.42. The zero-order chi connectivity index (χ0) is 15.0. The van der Waals surface area contributed by atoms with Gasteiger partial charge in [0.1, 0.15) is 0 Å². The number of piperidine rings is 1. The Morgan fingerprint density at radius 3 is 2.67 bits per heavy atom. The van der Waals surface area contributed by atoms with Crippen molar-refractivity contribution in [2.24, 2.45) is 23.7 Å². The summed E-state index contributed by atoms with van der Waals surface area (Å²) in [7, 11) is 0. The van der Waals surface area contributed by atoms with Gasteiger partial charge in [0.2, 0.25) is 0 Å². The van der Waals surface area contributed by atoms with Crippen molar-refractivity contribution in [3.8, 4) is 0 Å². The van der Waals surface area contributed by atoms with E-state index in [4.69, 9.17) is 5.11 Å². The molecule has 0 radical (unpaired) electrons. The summed E-state index contributed by atoms with van der Waals surface area (Å²) < 4.78 is 0. The van der Waals surface area contributed by atoms with Crippen molar-refractivity contribution in [2.45, 2.75) is 51.5 Å². The monoisotopic (exact) mass is 294 g/mol. The number of nitrogens with one attached hydrogen (secondary N) is 1. The van der Waals surface area contributed by atoms with Crippen LogP contribution in [0.15, 0.2) is 0 Å². The third kappa shape index (κ3) is 3.01. The Balaban J connectivity index is 1.52. The second-order valence-electron chi connectivity index (χ2n) is 7.20. The number of urea groups is 1. The second kappa shape index (κ2) is 5.85. The number of carboxylic acids is 1. The van der Waals surface area contributed by atoms with Crippen LogP contribution in [0.2, 0.25) is 0 Å². The maximum atomic E-state index is 12.4. The first kappa shape index (κ1) is 14.7. The quantitative estimate of drug-likeness (QED) is 0.839. The Morgan fingerprint density at radius 2 is 2.05 bits per heavy atom. The third-order valence-electron chi connectivity index (χ3n) is 5.84. The van der Waals surface area contributed by atoms with Crippen LogP contribution in [0.5, 0.6) is 0 Å². The first-order valence-corrected chi connectivity index (χ1v) is 8.33. The van der Waals surface area contributed by atoms with Crippen LogP contribution >= 0.6 is 0 Å². The molecular formula is C16H26N2O3. The molecule has 3 rings (SSSR count). The van der Waals surface area contributed by atoms with E-state index in [-0.39, 0.29) is 12.1 Å². The first-order valence-electron chi connectivity index (χ1n) is 8.33. The molecule has 2 bridgehead atoms. The molecule has 0 aromatic heterocycles. The molecule has 0 aromatic carbocycles. The van der Waals surface area contributed by atoms with Crippen LogP contribution in [-0.4, -0.2) is 41.1 Å². The number of likely N-dealkylation sites (tertiary alicyclic amines) is 1. The van der Waals surface area contributed by atoms with Crippen LogP contribution in [-0.2, 0) is 4.79 Å². The standard InChI is InChI=1S/C16H26N2O3/c1-10(14-8-11-4-5-12(14)7-11)17-16(21)18-6-2-3-13(9-18)15(19)20/h10-14H,2-9H2,1H3,(H,17,21)(H,19,20)/t10?,11?,12?,13-,14?/m0/s1. The summed E-state index contributed by atoms with van der Waals surface area (Å²) in [5.41, 5.74) is 0. The smallest absolute Gasteiger partial charge is 0.317 e. The van der Waals surface area contributed by atoms with Crippen molar-refractivity contribution in [1.29, 1.82) is 0 Å². The number of hydrogen-bond donors (Lipinski definition) is 2. The van der Waals surface area contributed by atoms with Crippen molar-refractivity contribution in [1.82, 2.24) is 10.2 Å². The number of rotatable bonds is 3. The molecule has 5 atom stereocenters. The zero-order valence-electron chi connectivity index (χ0n) is 12.8. The minimum atomic E-state index is -0.784. The lowest BCUT2D eigenvalue weighted by atomic mass is 9.84. The van der Waals surface area contributed by atoms with E-state index >= 15 is 0 Å². The molecule has 2 amide bonds. The topological polar surface area (TPSA) is 69.6 Å². The van der Waals surface area contributed by atoms with Crippen molar-refractivity contribution in [2.75, 3.05) is 13.1 Å². The average Bonchev–Trinajstić information content (AvgIpc) is 3.10. The maximum Gasteiger partial charge on any atom is 0.317 e. The molecule has 2 N–H and O–H groups in total. The number of carboxylic acid groups (broad SMARTS) is 1. The van der Waals surface area contributed by atoms with E-state index < -0.39 is 11.9 Å². The number of nitrogens with zero attached hydrogens (tertiary/aromatic N) is 1. The van der Waals surface area contributed by atoms with E-state index in [9.17, 15) is 9.59 Å². The highest BCUT2D eigenvalue weighted by molar-refractivity contribution is 5.76.